The number of carbonyl (C=O) groups is 1. The van der Waals surface area contributed by atoms with E-state index in [9.17, 15) is 4.79 Å². The summed E-state index contributed by atoms with van der Waals surface area (Å²) in [6.07, 6.45) is 5.41. The predicted molar refractivity (Wildman–Crippen MR) is 116 cm³/mol. The number of halogens is 1. The molecular weight excluding hydrogens is 418 g/mol. The summed E-state index contributed by atoms with van der Waals surface area (Å²) >= 11 is 5.98. The topological polar surface area (TPSA) is 111 Å². The number of benzene rings is 1. The number of nitrogens with one attached hydrogen (secondary N) is 2. The first kappa shape index (κ1) is 20.5. The van der Waals surface area contributed by atoms with Crippen LogP contribution in [0.25, 0.3) is 11.4 Å². The Kier molecular flexibility index (Phi) is 5.94. The first-order chi connectivity index (χ1) is 15.0. The maximum atomic E-state index is 12.4. The Hall–Kier alpha value is -3.72. The number of anilines is 2. The Morgan fingerprint density at radius 1 is 1.26 bits per heavy atom. The molecule has 10 heteroatoms. The van der Waals surface area contributed by atoms with Gasteiger partial charge in [-0.15, -0.1) is 0 Å². The number of oxazole rings is 1. The van der Waals surface area contributed by atoms with E-state index >= 15 is 0 Å². The molecule has 0 spiro atoms. The minimum Gasteiger partial charge on any atom is -0.440 e. The van der Waals surface area contributed by atoms with Gasteiger partial charge in [0.1, 0.15) is 23.5 Å². The van der Waals surface area contributed by atoms with E-state index in [2.05, 4.69) is 30.7 Å². The third-order valence-corrected chi connectivity index (χ3v) is 4.80. The lowest BCUT2D eigenvalue weighted by molar-refractivity contribution is 0.0919. The number of hydrogen-bond donors (Lipinski definition) is 2. The molecule has 0 atom stereocenters. The summed E-state index contributed by atoms with van der Waals surface area (Å²) in [6.45, 7) is 2.30. The number of aromatic nitrogens is 5. The normalized spacial score (nSPS) is 10.8. The van der Waals surface area contributed by atoms with E-state index in [4.69, 9.17) is 16.0 Å². The van der Waals surface area contributed by atoms with Crippen LogP contribution in [0.5, 0.6) is 0 Å². The molecular formula is C21H20ClN7O2. The second kappa shape index (κ2) is 8.97. The zero-order chi connectivity index (χ0) is 21.8. The van der Waals surface area contributed by atoms with Crippen LogP contribution >= 0.6 is 11.6 Å². The summed E-state index contributed by atoms with van der Waals surface area (Å²) in [5, 5.41) is 10.7. The maximum absolute atomic E-state index is 12.4. The lowest BCUT2D eigenvalue weighted by Gasteiger charge is -2.07. The molecule has 31 heavy (non-hydrogen) atoms. The molecule has 3 aromatic heterocycles. The molecule has 0 unspecified atom stereocenters. The first-order valence-corrected chi connectivity index (χ1v) is 9.94. The Balaban J connectivity index is 1.43. The lowest BCUT2D eigenvalue weighted by Crippen LogP contribution is -2.26. The van der Waals surface area contributed by atoms with Crippen LogP contribution in [0.1, 0.15) is 21.8 Å². The number of rotatable bonds is 7. The fourth-order valence-electron chi connectivity index (χ4n) is 2.95. The smallest absolute Gasteiger partial charge is 0.307 e. The van der Waals surface area contributed by atoms with Crippen molar-refractivity contribution in [2.24, 2.45) is 7.05 Å². The third kappa shape index (κ3) is 4.89. The van der Waals surface area contributed by atoms with Gasteiger partial charge in [0.05, 0.1) is 6.20 Å². The molecule has 1 amide bonds. The van der Waals surface area contributed by atoms with Gasteiger partial charge in [-0.2, -0.15) is 5.10 Å². The zero-order valence-corrected chi connectivity index (χ0v) is 17.7. The molecule has 0 radical (unpaired) electrons. The molecule has 0 bridgehead atoms. The van der Waals surface area contributed by atoms with Crippen molar-refractivity contribution in [2.45, 2.75) is 13.3 Å². The zero-order valence-electron chi connectivity index (χ0n) is 17.0. The van der Waals surface area contributed by atoms with Gasteiger partial charge in [-0.25, -0.2) is 15.0 Å². The molecule has 0 aliphatic heterocycles. The van der Waals surface area contributed by atoms with E-state index in [1.807, 2.05) is 44.3 Å². The van der Waals surface area contributed by atoms with Gasteiger partial charge in [-0.05, 0) is 36.6 Å². The highest BCUT2D eigenvalue weighted by Gasteiger charge is 2.17. The van der Waals surface area contributed by atoms with Gasteiger partial charge >= 0.3 is 5.91 Å². The van der Waals surface area contributed by atoms with E-state index in [1.54, 1.807) is 17.1 Å². The van der Waals surface area contributed by atoms with Crippen molar-refractivity contribution in [2.75, 3.05) is 11.9 Å². The van der Waals surface area contributed by atoms with E-state index in [0.29, 0.717) is 35.3 Å². The SMILES string of the molecule is Cc1cnc(Nc2ccnn2C)nc1-c1coc(C(=O)NCCc2cccc(Cl)c2)n1. The van der Waals surface area contributed by atoms with E-state index in [-0.39, 0.29) is 5.89 Å². The van der Waals surface area contributed by atoms with E-state index in [0.717, 1.165) is 16.9 Å². The number of aryl methyl sites for hydroxylation is 2. The van der Waals surface area contributed by atoms with Crippen LogP contribution in [0.4, 0.5) is 11.8 Å². The molecule has 0 aliphatic rings. The predicted octanol–water partition coefficient (Wildman–Crippen LogP) is 3.54. The van der Waals surface area contributed by atoms with Crippen molar-refractivity contribution in [3.63, 3.8) is 0 Å². The summed E-state index contributed by atoms with van der Waals surface area (Å²) in [4.78, 5) is 25.5. The number of nitrogens with zero attached hydrogens (tertiary/aromatic N) is 5. The minimum atomic E-state index is -0.395. The van der Waals surface area contributed by atoms with Crippen molar-refractivity contribution in [3.8, 4) is 11.4 Å². The molecule has 0 saturated heterocycles. The highest BCUT2D eigenvalue weighted by Crippen LogP contribution is 2.22. The van der Waals surface area contributed by atoms with Crippen LogP contribution in [0.3, 0.4) is 0 Å². The molecule has 0 saturated carbocycles. The fourth-order valence-corrected chi connectivity index (χ4v) is 3.16. The average molecular weight is 438 g/mol. The highest BCUT2D eigenvalue weighted by molar-refractivity contribution is 6.30. The second-order valence-corrected chi connectivity index (χ2v) is 7.30. The molecule has 2 N–H and O–H groups in total. The van der Waals surface area contributed by atoms with Crippen molar-refractivity contribution < 1.29 is 9.21 Å². The van der Waals surface area contributed by atoms with Crippen LogP contribution in [-0.2, 0) is 13.5 Å². The summed E-state index contributed by atoms with van der Waals surface area (Å²) in [5.41, 5.74) is 2.86. The van der Waals surface area contributed by atoms with Gasteiger partial charge in [-0.1, -0.05) is 23.7 Å². The van der Waals surface area contributed by atoms with E-state index in [1.165, 1.54) is 6.26 Å². The van der Waals surface area contributed by atoms with E-state index < -0.39 is 5.91 Å². The highest BCUT2D eigenvalue weighted by atomic mass is 35.5. The summed E-state index contributed by atoms with van der Waals surface area (Å²) in [6, 6.07) is 9.32. The standard InChI is InChI=1S/C21H20ClN7O2/c1-13-11-24-21(27-17-7-9-25-29(17)2)28-18(13)16-12-31-20(26-16)19(30)23-8-6-14-4-3-5-15(22)10-14/h3-5,7,9-12H,6,8H2,1-2H3,(H,23,30)(H,24,27,28). The van der Waals surface area contributed by atoms with Gasteiger partial charge in [0.2, 0.25) is 5.95 Å². The first-order valence-electron chi connectivity index (χ1n) is 9.57. The van der Waals surface area contributed by atoms with Gasteiger partial charge in [0.15, 0.2) is 0 Å². The van der Waals surface area contributed by atoms with Gasteiger partial charge in [0, 0.05) is 30.9 Å². The maximum Gasteiger partial charge on any atom is 0.307 e. The van der Waals surface area contributed by atoms with Gasteiger partial charge in [-0.3, -0.25) is 9.48 Å². The van der Waals surface area contributed by atoms with Gasteiger partial charge < -0.3 is 15.1 Å². The van der Waals surface area contributed by atoms with Crippen LogP contribution in [-0.4, -0.2) is 37.2 Å². The Morgan fingerprint density at radius 3 is 2.90 bits per heavy atom. The molecule has 0 fully saturated rings. The molecule has 158 valence electrons. The summed E-state index contributed by atoms with van der Waals surface area (Å²) in [5.74, 6) is 0.711. The molecule has 9 nitrogen and oxygen atoms in total. The third-order valence-electron chi connectivity index (χ3n) is 4.56. The van der Waals surface area contributed by atoms with Crippen LogP contribution in [0.15, 0.2) is 53.4 Å². The Morgan fingerprint density at radius 2 is 2.13 bits per heavy atom. The molecule has 4 rings (SSSR count). The number of carbonyl (C=O) groups excluding carboxylic acids is 1. The Labute approximate surface area is 183 Å². The molecule has 1 aromatic carbocycles. The fraction of sp³-hybridized carbons (Fsp3) is 0.190. The molecule has 0 aliphatic carbocycles. The number of amides is 1. The largest absolute Gasteiger partial charge is 0.440 e. The van der Waals surface area contributed by atoms with Crippen molar-refractivity contribution in [1.29, 1.82) is 0 Å². The second-order valence-electron chi connectivity index (χ2n) is 6.86. The quantitative estimate of drug-likeness (QED) is 0.454. The summed E-state index contributed by atoms with van der Waals surface area (Å²) in [7, 11) is 1.81. The monoisotopic (exact) mass is 437 g/mol. The van der Waals surface area contributed by atoms with Crippen LogP contribution in [0, 0.1) is 6.92 Å². The van der Waals surface area contributed by atoms with Crippen molar-refractivity contribution in [3.05, 3.63) is 71.0 Å². The van der Waals surface area contributed by atoms with Crippen LogP contribution < -0.4 is 10.6 Å². The molecule has 3 heterocycles. The minimum absolute atomic E-state index is 0.0275. The lowest BCUT2D eigenvalue weighted by atomic mass is 10.1. The Bertz CT molecular complexity index is 1220. The average Bonchev–Trinajstić information content (AvgIpc) is 3.39. The van der Waals surface area contributed by atoms with Crippen molar-refractivity contribution in [1.82, 2.24) is 30.0 Å². The molecule has 4 aromatic rings. The van der Waals surface area contributed by atoms with Gasteiger partial charge in [0.25, 0.3) is 5.89 Å². The van der Waals surface area contributed by atoms with Crippen molar-refractivity contribution >= 4 is 29.3 Å². The summed E-state index contributed by atoms with van der Waals surface area (Å²) < 4.78 is 7.05. The van der Waals surface area contributed by atoms with Crippen LogP contribution in [0.2, 0.25) is 5.02 Å². The number of hydrogen-bond acceptors (Lipinski definition) is 7.